The minimum absolute atomic E-state index is 0.117. The highest BCUT2D eigenvalue weighted by atomic mass is 16.4. The molecule has 0 aliphatic heterocycles. The van der Waals surface area contributed by atoms with Crippen LogP contribution in [0.2, 0.25) is 0 Å². The number of rotatable bonds is 5. The fraction of sp³-hybridized carbons (Fsp3) is 0.435. The molecule has 1 aromatic carbocycles. The SMILES string of the molecule is O=C(O)[C@H]1C2C=CC3[C@H]4C(C[C@@H]31)[C@H](C/C=C/C=C/c1ccccc1)[C@@H]24. The van der Waals surface area contributed by atoms with Gasteiger partial charge in [0, 0.05) is 0 Å². The molecule has 6 rings (SSSR count). The minimum Gasteiger partial charge on any atom is -0.481 e. The van der Waals surface area contributed by atoms with Crippen LogP contribution in [0.15, 0.2) is 60.7 Å². The number of hydrogen-bond donors (Lipinski definition) is 1. The predicted molar refractivity (Wildman–Crippen MR) is 98.5 cm³/mol. The Kier molecular flexibility index (Phi) is 3.48. The first-order valence-electron chi connectivity index (χ1n) is 9.55. The zero-order chi connectivity index (χ0) is 17.0. The van der Waals surface area contributed by atoms with Crippen molar-refractivity contribution in [2.75, 3.05) is 0 Å². The monoisotopic (exact) mass is 332 g/mol. The molecule has 2 nitrogen and oxygen atoms in total. The van der Waals surface area contributed by atoms with Crippen LogP contribution in [0.1, 0.15) is 18.4 Å². The van der Waals surface area contributed by atoms with Crippen LogP contribution in [0.25, 0.3) is 6.08 Å². The van der Waals surface area contributed by atoms with Crippen molar-refractivity contribution in [1.82, 2.24) is 0 Å². The first-order valence-corrected chi connectivity index (χ1v) is 9.55. The molecule has 0 saturated heterocycles. The van der Waals surface area contributed by atoms with Gasteiger partial charge in [-0.2, -0.15) is 0 Å². The summed E-state index contributed by atoms with van der Waals surface area (Å²) in [6, 6.07) is 10.3. The number of aliphatic carboxylic acids is 1. The zero-order valence-electron chi connectivity index (χ0n) is 14.2. The molecular weight excluding hydrogens is 308 g/mol. The molecule has 25 heavy (non-hydrogen) atoms. The number of carbonyl (C=O) groups is 1. The Morgan fingerprint density at radius 2 is 1.84 bits per heavy atom. The topological polar surface area (TPSA) is 37.3 Å². The van der Waals surface area contributed by atoms with E-state index >= 15 is 0 Å². The number of benzene rings is 1. The number of carboxylic acids is 1. The lowest BCUT2D eigenvalue weighted by atomic mass is 9.45. The molecule has 8 atom stereocenters. The molecule has 128 valence electrons. The van der Waals surface area contributed by atoms with Crippen molar-refractivity contribution in [2.45, 2.75) is 12.8 Å². The van der Waals surface area contributed by atoms with Gasteiger partial charge < -0.3 is 5.11 Å². The smallest absolute Gasteiger partial charge is 0.307 e. The van der Waals surface area contributed by atoms with E-state index in [4.69, 9.17) is 0 Å². The van der Waals surface area contributed by atoms with Gasteiger partial charge in [-0.3, -0.25) is 4.79 Å². The maximum absolute atomic E-state index is 11.8. The fourth-order valence-electron chi connectivity index (χ4n) is 6.58. The summed E-state index contributed by atoms with van der Waals surface area (Å²) in [5.74, 6) is 3.43. The lowest BCUT2D eigenvalue weighted by molar-refractivity contribution is -0.154. The second-order valence-electron chi connectivity index (χ2n) is 8.22. The van der Waals surface area contributed by atoms with Gasteiger partial charge in [0.25, 0.3) is 0 Å². The molecule has 0 aromatic heterocycles. The van der Waals surface area contributed by atoms with E-state index in [0.29, 0.717) is 23.7 Å². The second-order valence-corrected chi connectivity index (χ2v) is 8.22. The third kappa shape index (κ3) is 2.19. The summed E-state index contributed by atoms with van der Waals surface area (Å²) in [4.78, 5) is 11.8. The van der Waals surface area contributed by atoms with Crippen molar-refractivity contribution < 1.29 is 9.90 Å². The maximum Gasteiger partial charge on any atom is 0.307 e. The fourth-order valence-corrected chi connectivity index (χ4v) is 6.58. The highest BCUT2D eigenvalue weighted by Crippen LogP contribution is 2.72. The minimum atomic E-state index is -0.560. The number of allylic oxidation sites excluding steroid dienone is 5. The zero-order valence-corrected chi connectivity index (χ0v) is 14.2. The molecule has 5 aliphatic rings. The Morgan fingerprint density at radius 3 is 2.64 bits per heavy atom. The van der Waals surface area contributed by atoms with Crippen molar-refractivity contribution in [3.8, 4) is 0 Å². The summed E-state index contributed by atoms with van der Waals surface area (Å²) in [5.41, 5.74) is 1.22. The maximum atomic E-state index is 11.8. The molecule has 0 heterocycles. The van der Waals surface area contributed by atoms with Gasteiger partial charge in [-0.25, -0.2) is 0 Å². The van der Waals surface area contributed by atoms with Gasteiger partial charge in [0.2, 0.25) is 0 Å². The van der Waals surface area contributed by atoms with E-state index < -0.39 is 5.97 Å². The molecule has 1 N–H and O–H groups in total. The first-order chi connectivity index (χ1) is 12.3. The Hall–Kier alpha value is -2.09. The molecular formula is C23H24O2. The van der Waals surface area contributed by atoms with E-state index in [2.05, 4.69) is 60.7 Å². The van der Waals surface area contributed by atoms with Gasteiger partial charge >= 0.3 is 5.97 Å². The van der Waals surface area contributed by atoms with Crippen molar-refractivity contribution in [1.29, 1.82) is 0 Å². The van der Waals surface area contributed by atoms with E-state index in [-0.39, 0.29) is 11.8 Å². The van der Waals surface area contributed by atoms with Crippen LogP contribution in [-0.2, 0) is 4.79 Å². The van der Waals surface area contributed by atoms with Crippen LogP contribution in [0.3, 0.4) is 0 Å². The molecule has 4 bridgehead atoms. The van der Waals surface area contributed by atoms with E-state index in [9.17, 15) is 9.90 Å². The Balaban J connectivity index is 1.27. The molecule has 3 unspecified atom stereocenters. The van der Waals surface area contributed by atoms with Gasteiger partial charge in [-0.15, -0.1) is 0 Å². The second kappa shape index (κ2) is 5.72. The van der Waals surface area contributed by atoms with Crippen molar-refractivity contribution in [2.24, 2.45) is 47.3 Å². The lowest BCUT2D eigenvalue weighted by Crippen LogP contribution is -2.56. The summed E-state index contributed by atoms with van der Waals surface area (Å²) in [5, 5.41) is 9.70. The number of hydrogen-bond acceptors (Lipinski definition) is 1. The van der Waals surface area contributed by atoms with E-state index in [1.54, 1.807) is 0 Å². The van der Waals surface area contributed by atoms with Crippen LogP contribution in [0.4, 0.5) is 0 Å². The molecule has 3 saturated carbocycles. The van der Waals surface area contributed by atoms with E-state index in [1.165, 1.54) is 5.56 Å². The van der Waals surface area contributed by atoms with Crippen LogP contribution in [0.5, 0.6) is 0 Å². The Bertz CT molecular complexity index is 760. The summed E-state index contributed by atoms with van der Waals surface area (Å²) in [6.45, 7) is 0. The molecule has 5 aliphatic carbocycles. The van der Waals surface area contributed by atoms with Crippen molar-refractivity contribution in [3.63, 3.8) is 0 Å². The molecule has 1 aromatic rings. The quantitative estimate of drug-likeness (QED) is 0.629. The Labute approximate surface area is 148 Å². The number of carboxylic acid groups (broad SMARTS) is 1. The first kappa shape index (κ1) is 15.2. The van der Waals surface area contributed by atoms with Crippen molar-refractivity contribution >= 4 is 12.0 Å². The Morgan fingerprint density at radius 1 is 1.04 bits per heavy atom. The summed E-state index contributed by atoms with van der Waals surface area (Å²) in [6.07, 6.45) is 15.5. The molecule has 0 spiro atoms. The van der Waals surface area contributed by atoms with Crippen LogP contribution < -0.4 is 0 Å². The lowest BCUT2D eigenvalue weighted by Gasteiger charge is -2.58. The van der Waals surface area contributed by atoms with E-state index in [1.807, 2.05) is 6.07 Å². The molecule has 0 amide bonds. The summed E-state index contributed by atoms with van der Waals surface area (Å²) < 4.78 is 0. The summed E-state index contributed by atoms with van der Waals surface area (Å²) in [7, 11) is 0. The molecule has 2 heteroatoms. The van der Waals surface area contributed by atoms with Gasteiger partial charge in [-0.1, -0.05) is 66.8 Å². The normalized spacial score (nSPS) is 43.0. The largest absolute Gasteiger partial charge is 0.481 e. The van der Waals surface area contributed by atoms with Gasteiger partial charge in [-0.05, 0) is 59.8 Å². The molecule has 3 fully saturated rings. The highest BCUT2D eigenvalue weighted by molar-refractivity contribution is 5.72. The van der Waals surface area contributed by atoms with Gasteiger partial charge in [0.05, 0.1) is 5.92 Å². The average molecular weight is 332 g/mol. The van der Waals surface area contributed by atoms with Crippen molar-refractivity contribution in [3.05, 3.63) is 66.3 Å². The average Bonchev–Trinajstić information content (AvgIpc) is 2.82. The van der Waals surface area contributed by atoms with Crippen LogP contribution in [0, 0.1) is 47.3 Å². The van der Waals surface area contributed by atoms with Crippen LogP contribution >= 0.6 is 0 Å². The summed E-state index contributed by atoms with van der Waals surface area (Å²) >= 11 is 0. The third-order valence-electron chi connectivity index (χ3n) is 7.37. The van der Waals surface area contributed by atoms with Gasteiger partial charge in [0.1, 0.15) is 0 Å². The predicted octanol–water partition coefficient (Wildman–Crippen LogP) is 4.66. The van der Waals surface area contributed by atoms with E-state index in [0.717, 1.165) is 24.7 Å². The van der Waals surface area contributed by atoms with Gasteiger partial charge in [0.15, 0.2) is 0 Å². The highest BCUT2D eigenvalue weighted by Gasteiger charge is 2.69. The third-order valence-corrected chi connectivity index (χ3v) is 7.37. The standard InChI is InChI=1S/C23H24O2/c24-23(25)22-17-12-11-16-19(22)13-18-15(20(17)21(16)18)10-6-2-5-9-14-7-3-1-4-8-14/h1-9,11-12,15-22H,10,13H2,(H,24,25)/b6-2+,9-5+/t15-,16?,17?,18?,19-,20-,21-,22-/m0/s1. The molecule has 0 radical (unpaired) electrons. The van der Waals surface area contributed by atoms with Crippen LogP contribution in [-0.4, -0.2) is 11.1 Å².